The van der Waals surface area contributed by atoms with Crippen molar-refractivity contribution in [2.24, 2.45) is 0 Å². The minimum absolute atomic E-state index is 0.170. The van der Waals surface area contributed by atoms with Crippen molar-refractivity contribution in [2.45, 2.75) is 38.3 Å². The van der Waals surface area contributed by atoms with Crippen LogP contribution in [0.5, 0.6) is 0 Å². The predicted molar refractivity (Wildman–Crippen MR) is 52.9 cm³/mol. The second-order valence-electron chi connectivity index (χ2n) is 4.07. The van der Waals surface area contributed by atoms with Crippen molar-refractivity contribution >= 4 is 6.01 Å². The number of nitrogens with one attached hydrogen (secondary N) is 2. The lowest BCUT2D eigenvalue weighted by Gasteiger charge is -2.38. The Hall–Kier alpha value is -1.10. The number of rotatable bonds is 4. The van der Waals surface area contributed by atoms with Gasteiger partial charge in [0.1, 0.15) is 0 Å². The summed E-state index contributed by atoms with van der Waals surface area (Å²) in [5.41, 5.74) is 0.170. The quantitative estimate of drug-likeness (QED) is 0.756. The molecule has 5 nitrogen and oxygen atoms in total. The Balaban J connectivity index is 1.95. The van der Waals surface area contributed by atoms with E-state index >= 15 is 0 Å². The van der Waals surface area contributed by atoms with Gasteiger partial charge in [0.2, 0.25) is 5.89 Å². The molecule has 1 aliphatic rings. The fraction of sp³-hybridized carbons (Fsp3) is 0.778. The third-order valence-corrected chi connectivity index (χ3v) is 2.66. The van der Waals surface area contributed by atoms with Gasteiger partial charge in [-0.05, 0) is 33.2 Å². The van der Waals surface area contributed by atoms with Crippen molar-refractivity contribution in [3.8, 4) is 0 Å². The molecule has 0 amide bonds. The Morgan fingerprint density at radius 2 is 2.21 bits per heavy atom. The molecule has 14 heavy (non-hydrogen) atoms. The Labute approximate surface area is 83.3 Å². The molecule has 1 saturated carbocycles. The highest BCUT2D eigenvalue weighted by Crippen LogP contribution is 2.34. The van der Waals surface area contributed by atoms with Crippen LogP contribution in [-0.4, -0.2) is 22.8 Å². The van der Waals surface area contributed by atoms with E-state index in [0.29, 0.717) is 18.5 Å². The molecule has 1 heterocycles. The number of hydrogen-bond donors (Lipinski definition) is 2. The molecule has 0 spiro atoms. The fourth-order valence-corrected chi connectivity index (χ4v) is 1.62. The van der Waals surface area contributed by atoms with Crippen LogP contribution in [0.3, 0.4) is 0 Å². The first kappa shape index (κ1) is 9.45. The zero-order valence-corrected chi connectivity index (χ0v) is 8.63. The topological polar surface area (TPSA) is 63.0 Å². The molecule has 0 atom stereocenters. The molecular formula is C9H16N4O. The lowest BCUT2D eigenvalue weighted by atomic mass is 9.79. The van der Waals surface area contributed by atoms with E-state index in [1.54, 1.807) is 0 Å². The Morgan fingerprint density at radius 1 is 1.43 bits per heavy atom. The molecule has 0 unspecified atom stereocenters. The number of aromatic nitrogens is 2. The normalized spacial score (nSPS) is 19.0. The van der Waals surface area contributed by atoms with E-state index in [2.05, 4.69) is 27.8 Å². The summed E-state index contributed by atoms with van der Waals surface area (Å²) in [6.45, 7) is 2.80. The van der Waals surface area contributed by atoms with Crippen LogP contribution in [0.1, 0.15) is 32.1 Å². The summed E-state index contributed by atoms with van der Waals surface area (Å²) >= 11 is 0. The van der Waals surface area contributed by atoms with Crippen LogP contribution in [0.15, 0.2) is 4.42 Å². The second kappa shape index (κ2) is 3.57. The van der Waals surface area contributed by atoms with Crippen LogP contribution in [0.4, 0.5) is 6.01 Å². The molecule has 1 aromatic heterocycles. The second-order valence-corrected chi connectivity index (χ2v) is 4.07. The molecule has 0 aromatic carbocycles. The van der Waals surface area contributed by atoms with E-state index in [1.165, 1.54) is 19.3 Å². The van der Waals surface area contributed by atoms with Gasteiger partial charge in [-0.3, -0.25) is 0 Å². The van der Waals surface area contributed by atoms with E-state index in [9.17, 15) is 0 Å². The molecule has 5 heteroatoms. The van der Waals surface area contributed by atoms with E-state index in [0.717, 1.165) is 0 Å². The Morgan fingerprint density at radius 3 is 2.79 bits per heavy atom. The first-order valence-electron chi connectivity index (χ1n) is 4.97. The summed E-state index contributed by atoms with van der Waals surface area (Å²) in [4.78, 5) is 0. The lowest BCUT2D eigenvalue weighted by molar-refractivity contribution is 0.297. The molecule has 0 aliphatic heterocycles. The van der Waals surface area contributed by atoms with E-state index in [4.69, 9.17) is 4.42 Å². The van der Waals surface area contributed by atoms with Gasteiger partial charge >= 0.3 is 6.01 Å². The van der Waals surface area contributed by atoms with Gasteiger partial charge in [0.15, 0.2) is 0 Å². The maximum Gasteiger partial charge on any atom is 0.315 e. The highest BCUT2D eigenvalue weighted by atomic mass is 16.4. The summed E-state index contributed by atoms with van der Waals surface area (Å²) < 4.78 is 5.40. The van der Waals surface area contributed by atoms with Crippen molar-refractivity contribution in [2.75, 3.05) is 12.4 Å². The summed E-state index contributed by atoms with van der Waals surface area (Å²) in [6, 6.07) is 0.539. The zero-order chi connectivity index (χ0) is 10.0. The number of nitrogens with zero attached hydrogens (tertiary/aromatic N) is 2. The number of hydrogen-bond acceptors (Lipinski definition) is 5. The van der Waals surface area contributed by atoms with Crippen LogP contribution in [-0.2, 0) is 6.54 Å². The smallest absolute Gasteiger partial charge is 0.315 e. The average Bonchev–Trinajstić information content (AvgIpc) is 2.51. The first-order chi connectivity index (χ1) is 6.72. The minimum atomic E-state index is 0.170. The van der Waals surface area contributed by atoms with Crippen LogP contribution in [0, 0.1) is 0 Å². The van der Waals surface area contributed by atoms with Crippen molar-refractivity contribution in [1.29, 1.82) is 0 Å². The number of anilines is 1. The van der Waals surface area contributed by atoms with Gasteiger partial charge in [0, 0.05) is 5.54 Å². The SMILES string of the molecule is CNCc1nnc(NC2(C)CCC2)o1. The van der Waals surface area contributed by atoms with Gasteiger partial charge in [-0.1, -0.05) is 5.10 Å². The van der Waals surface area contributed by atoms with Gasteiger partial charge in [0.05, 0.1) is 6.54 Å². The van der Waals surface area contributed by atoms with Gasteiger partial charge in [-0.2, -0.15) is 0 Å². The molecule has 2 rings (SSSR count). The molecule has 2 N–H and O–H groups in total. The van der Waals surface area contributed by atoms with Gasteiger partial charge in [0.25, 0.3) is 0 Å². The molecule has 1 aromatic rings. The largest absolute Gasteiger partial charge is 0.407 e. The molecule has 0 radical (unpaired) electrons. The fourth-order valence-electron chi connectivity index (χ4n) is 1.62. The van der Waals surface area contributed by atoms with Crippen molar-refractivity contribution in [1.82, 2.24) is 15.5 Å². The Bertz CT molecular complexity index is 306. The Kier molecular flexibility index (Phi) is 2.41. The molecule has 78 valence electrons. The minimum Gasteiger partial charge on any atom is -0.407 e. The van der Waals surface area contributed by atoms with Crippen molar-refractivity contribution < 1.29 is 4.42 Å². The molecule has 1 aliphatic carbocycles. The molecular weight excluding hydrogens is 180 g/mol. The summed E-state index contributed by atoms with van der Waals surface area (Å²) in [7, 11) is 1.85. The standard InChI is InChI=1S/C9H16N4O/c1-9(4-3-5-9)11-8-13-12-7(14-8)6-10-2/h10H,3-6H2,1-2H3,(H,11,13). The van der Waals surface area contributed by atoms with Crippen LogP contribution < -0.4 is 10.6 Å². The molecule has 1 fully saturated rings. The van der Waals surface area contributed by atoms with Gasteiger partial charge in [-0.25, -0.2) is 0 Å². The van der Waals surface area contributed by atoms with Crippen molar-refractivity contribution in [3.63, 3.8) is 0 Å². The zero-order valence-electron chi connectivity index (χ0n) is 8.63. The summed E-state index contributed by atoms with van der Waals surface area (Å²) in [5.74, 6) is 0.623. The lowest BCUT2D eigenvalue weighted by Crippen LogP contribution is -2.41. The van der Waals surface area contributed by atoms with Crippen LogP contribution >= 0.6 is 0 Å². The molecule has 0 bridgehead atoms. The maximum atomic E-state index is 5.40. The van der Waals surface area contributed by atoms with Gasteiger partial charge < -0.3 is 15.1 Å². The monoisotopic (exact) mass is 196 g/mol. The third kappa shape index (κ3) is 1.87. The van der Waals surface area contributed by atoms with Crippen molar-refractivity contribution in [3.05, 3.63) is 5.89 Å². The third-order valence-electron chi connectivity index (χ3n) is 2.66. The summed E-state index contributed by atoms with van der Waals surface area (Å²) in [6.07, 6.45) is 3.63. The predicted octanol–water partition coefficient (Wildman–Crippen LogP) is 1.14. The highest BCUT2D eigenvalue weighted by molar-refractivity contribution is 5.25. The van der Waals surface area contributed by atoms with Crippen LogP contribution in [0.2, 0.25) is 0 Å². The average molecular weight is 196 g/mol. The summed E-state index contributed by atoms with van der Waals surface area (Å²) in [5, 5.41) is 14.1. The van der Waals surface area contributed by atoms with Gasteiger partial charge in [-0.15, -0.1) is 5.10 Å². The van der Waals surface area contributed by atoms with E-state index < -0.39 is 0 Å². The van der Waals surface area contributed by atoms with E-state index in [1.807, 2.05) is 7.05 Å². The van der Waals surface area contributed by atoms with Crippen LogP contribution in [0.25, 0.3) is 0 Å². The highest BCUT2D eigenvalue weighted by Gasteiger charge is 2.32. The molecule has 0 saturated heterocycles. The van der Waals surface area contributed by atoms with E-state index in [-0.39, 0.29) is 5.54 Å². The maximum absolute atomic E-state index is 5.40. The first-order valence-corrected chi connectivity index (χ1v) is 4.97.